The number of carbonyl (C=O) groups excluding carboxylic acids is 3. The monoisotopic (exact) mass is 1150 g/mol. The van der Waals surface area contributed by atoms with Gasteiger partial charge in [0.15, 0.2) is 6.10 Å². The van der Waals surface area contributed by atoms with Crippen LogP contribution in [-0.4, -0.2) is 37.2 Å². The zero-order chi connectivity index (χ0) is 59.2. The molecule has 6 nitrogen and oxygen atoms in total. The molecule has 6 heteroatoms. The fourth-order valence-electron chi connectivity index (χ4n) is 11.3. The van der Waals surface area contributed by atoms with E-state index in [1.165, 1.54) is 302 Å². The van der Waals surface area contributed by atoms with Gasteiger partial charge in [0.25, 0.3) is 0 Å². The molecule has 0 saturated carbocycles. The molecular weight excluding hydrogens is 1010 g/mol. The fourth-order valence-corrected chi connectivity index (χ4v) is 11.3. The molecule has 0 aliphatic rings. The third-order valence-electron chi connectivity index (χ3n) is 16.8. The highest BCUT2D eigenvalue weighted by molar-refractivity contribution is 5.71. The summed E-state index contributed by atoms with van der Waals surface area (Å²) in [7, 11) is 0. The zero-order valence-electron chi connectivity index (χ0n) is 55.5. The van der Waals surface area contributed by atoms with Crippen LogP contribution in [0.25, 0.3) is 0 Å². The van der Waals surface area contributed by atoms with Gasteiger partial charge in [0.05, 0.1) is 0 Å². The lowest BCUT2D eigenvalue weighted by atomic mass is 10.0. The molecule has 82 heavy (non-hydrogen) atoms. The summed E-state index contributed by atoms with van der Waals surface area (Å²) in [4.78, 5) is 38.3. The van der Waals surface area contributed by atoms with Crippen LogP contribution in [0, 0.1) is 0 Å². The summed E-state index contributed by atoms with van der Waals surface area (Å²) >= 11 is 0. The fraction of sp³-hybridized carbons (Fsp3) is 0.882. The molecule has 1 unspecified atom stereocenters. The van der Waals surface area contributed by atoms with E-state index in [4.69, 9.17) is 14.2 Å². The normalized spacial score (nSPS) is 12.2. The Kier molecular flexibility index (Phi) is 69.1. The number of ether oxygens (including phenoxy) is 3. The molecule has 482 valence electrons. The van der Waals surface area contributed by atoms with Crippen LogP contribution in [-0.2, 0) is 28.6 Å². The lowest BCUT2D eigenvalue weighted by Gasteiger charge is -2.18. The first-order chi connectivity index (χ1) is 40.5. The van der Waals surface area contributed by atoms with E-state index >= 15 is 0 Å². The maximum Gasteiger partial charge on any atom is 0.306 e. The molecular formula is C76H142O6. The molecule has 0 aromatic rings. The van der Waals surface area contributed by atoms with E-state index in [0.717, 1.165) is 70.6 Å². The van der Waals surface area contributed by atoms with Crippen LogP contribution in [0.15, 0.2) is 36.5 Å². The minimum atomic E-state index is -0.775. The summed E-state index contributed by atoms with van der Waals surface area (Å²) < 4.78 is 17.0. The van der Waals surface area contributed by atoms with E-state index in [0.29, 0.717) is 19.3 Å². The molecule has 0 radical (unpaired) electrons. The largest absolute Gasteiger partial charge is 0.462 e. The molecule has 0 aromatic heterocycles. The lowest BCUT2D eigenvalue weighted by Crippen LogP contribution is -2.30. The SMILES string of the molecule is CCC/C=C\CCCCCCCC(=O)OCC(COC(=O)CCCCCCCCCCCCCCCCCCCCCCC/C=C\CCCCCCCCCC)OC(=O)CCCCCCCCCCC/C=C\CCCCCCCCCC. The summed E-state index contributed by atoms with van der Waals surface area (Å²) in [6, 6.07) is 0. The first-order valence-corrected chi connectivity index (χ1v) is 37.0. The van der Waals surface area contributed by atoms with Gasteiger partial charge in [-0.2, -0.15) is 0 Å². The molecule has 0 aliphatic heterocycles. The van der Waals surface area contributed by atoms with Gasteiger partial charge in [-0.25, -0.2) is 0 Å². The molecule has 0 heterocycles. The van der Waals surface area contributed by atoms with Gasteiger partial charge in [-0.3, -0.25) is 14.4 Å². The van der Waals surface area contributed by atoms with E-state index in [1.807, 2.05) is 0 Å². The quantitative estimate of drug-likeness (QED) is 0.0261. The smallest absolute Gasteiger partial charge is 0.306 e. The number of allylic oxidation sites excluding steroid dienone is 6. The van der Waals surface area contributed by atoms with Crippen LogP contribution < -0.4 is 0 Å². The summed E-state index contributed by atoms with van der Waals surface area (Å²) in [5, 5.41) is 0. The highest BCUT2D eigenvalue weighted by atomic mass is 16.6. The van der Waals surface area contributed by atoms with E-state index in [2.05, 4.69) is 57.2 Å². The maximum absolute atomic E-state index is 12.9. The Morgan fingerprint density at radius 3 is 0.659 bits per heavy atom. The predicted molar refractivity (Wildman–Crippen MR) is 358 cm³/mol. The highest BCUT2D eigenvalue weighted by Crippen LogP contribution is 2.19. The van der Waals surface area contributed by atoms with Gasteiger partial charge in [-0.15, -0.1) is 0 Å². The molecule has 0 spiro atoms. The molecule has 0 bridgehead atoms. The second kappa shape index (κ2) is 71.1. The second-order valence-corrected chi connectivity index (χ2v) is 25.2. The number of hydrogen-bond donors (Lipinski definition) is 0. The average molecular weight is 1150 g/mol. The van der Waals surface area contributed by atoms with Crippen molar-refractivity contribution in [3.8, 4) is 0 Å². The summed E-state index contributed by atoms with van der Waals surface area (Å²) in [5.41, 5.74) is 0. The third kappa shape index (κ3) is 68.4. The Morgan fingerprint density at radius 2 is 0.427 bits per heavy atom. The van der Waals surface area contributed by atoms with Crippen molar-refractivity contribution in [3.05, 3.63) is 36.5 Å². The van der Waals surface area contributed by atoms with Crippen molar-refractivity contribution in [1.29, 1.82) is 0 Å². The number of carbonyl (C=O) groups is 3. The van der Waals surface area contributed by atoms with E-state index < -0.39 is 6.10 Å². The molecule has 0 aliphatic carbocycles. The molecule has 0 saturated heterocycles. The van der Waals surface area contributed by atoms with Crippen molar-refractivity contribution in [2.75, 3.05) is 13.2 Å². The number of hydrogen-bond acceptors (Lipinski definition) is 6. The van der Waals surface area contributed by atoms with E-state index in [1.54, 1.807) is 0 Å². The van der Waals surface area contributed by atoms with Crippen LogP contribution in [0.4, 0.5) is 0 Å². The molecule has 0 amide bonds. The topological polar surface area (TPSA) is 78.9 Å². The van der Waals surface area contributed by atoms with E-state index in [-0.39, 0.29) is 31.1 Å². The van der Waals surface area contributed by atoms with Gasteiger partial charge in [-0.1, -0.05) is 340 Å². The Hall–Kier alpha value is -2.37. The Labute approximate surface area is 512 Å². The van der Waals surface area contributed by atoms with Crippen molar-refractivity contribution in [2.24, 2.45) is 0 Å². The van der Waals surface area contributed by atoms with Gasteiger partial charge in [-0.05, 0) is 89.9 Å². The molecule has 0 aromatic carbocycles. The van der Waals surface area contributed by atoms with Crippen LogP contribution in [0.2, 0.25) is 0 Å². The standard InChI is InChI=1S/C76H142O6/c1-4-7-10-13-16-19-22-24-26-28-30-32-33-34-35-36-37-38-39-40-41-42-43-45-46-48-50-52-54-57-60-63-66-69-75(78)81-72-73(71-80-74(77)68-65-62-59-56-21-18-15-12-9-6-3)82-76(79)70-67-64-61-58-55-53-51-49-47-44-31-29-27-25-23-20-17-14-11-8-5-2/h12,15,28-31,73H,4-11,13-14,16-27,32-72H2,1-3H3/b15-12-,30-28-,31-29-. The average Bonchev–Trinajstić information content (AvgIpc) is 3.47. The van der Waals surface area contributed by atoms with Gasteiger partial charge < -0.3 is 14.2 Å². The van der Waals surface area contributed by atoms with Crippen LogP contribution in [0.3, 0.4) is 0 Å². The highest BCUT2D eigenvalue weighted by Gasteiger charge is 2.19. The first-order valence-electron chi connectivity index (χ1n) is 37.0. The minimum Gasteiger partial charge on any atom is -0.462 e. The summed E-state index contributed by atoms with van der Waals surface area (Å²) in [5.74, 6) is -0.858. The van der Waals surface area contributed by atoms with Crippen molar-refractivity contribution >= 4 is 17.9 Å². The van der Waals surface area contributed by atoms with Crippen molar-refractivity contribution in [1.82, 2.24) is 0 Å². The Morgan fingerprint density at radius 1 is 0.232 bits per heavy atom. The lowest BCUT2D eigenvalue weighted by molar-refractivity contribution is -0.167. The van der Waals surface area contributed by atoms with Gasteiger partial charge >= 0.3 is 17.9 Å². The summed E-state index contributed by atoms with van der Waals surface area (Å²) in [6.45, 7) is 6.64. The van der Waals surface area contributed by atoms with Crippen molar-refractivity contribution in [2.45, 2.75) is 419 Å². The van der Waals surface area contributed by atoms with Crippen LogP contribution in [0.5, 0.6) is 0 Å². The Bertz CT molecular complexity index is 1370. The van der Waals surface area contributed by atoms with Crippen molar-refractivity contribution < 1.29 is 28.6 Å². The van der Waals surface area contributed by atoms with Crippen molar-refractivity contribution in [3.63, 3.8) is 0 Å². The first kappa shape index (κ1) is 79.6. The Balaban J connectivity index is 4.06. The summed E-state index contributed by atoms with van der Waals surface area (Å²) in [6.07, 6.45) is 89.3. The van der Waals surface area contributed by atoms with Gasteiger partial charge in [0.2, 0.25) is 0 Å². The third-order valence-corrected chi connectivity index (χ3v) is 16.8. The van der Waals surface area contributed by atoms with Crippen LogP contribution in [0.1, 0.15) is 412 Å². The van der Waals surface area contributed by atoms with E-state index in [9.17, 15) is 14.4 Å². The van der Waals surface area contributed by atoms with Gasteiger partial charge in [0.1, 0.15) is 13.2 Å². The minimum absolute atomic E-state index is 0.0710. The zero-order valence-corrected chi connectivity index (χ0v) is 55.5. The number of unbranched alkanes of at least 4 members (excludes halogenated alkanes) is 52. The van der Waals surface area contributed by atoms with Gasteiger partial charge in [0, 0.05) is 19.3 Å². The molecule has 0 fully saturated rings. The maximum atomic E-state index is 12.9. The number of esters is 3. The molecule has 0 N–H and O–H groups in total. The molecule has 1 atom stereocenters. The predicted octanol–water partition coefficient (Wildman–Crippen LogP) is 25.5. The second-order valence-electron chi connectivity index (χ2n) is 25.2. The molecule has 0 rings (SSSR count). The van der Waals surface area contributed by atoms with Crippen LogP contribution >= 0.6 is 0 Å². The number of rotatable bonds is 69.